The van der Waals surface area contributed by atoms with Gasteiger partial charge in [0.15, 0.2) is 0 Å². The first-order valence-electron chi connectivity index (χ1n) is 6.93. The Balaban J connectivity index is 2.22. The van der Waals surface area contributed by atoms with Gasteiger partial charge in [-0.1, -0.05) is 0 Å². The number of hydrogen-bond acceptors (Lipinski definition) is 6. The minimum absolute atomic E-state index is 0.258. The summed E-state index contributed by atoms with van der Waals surface area (Å²) in [6, 6.07) is -0.797. The number of piperazine rings is 3. The second-order valence-corrected chi connectivity index (χ2v) is 4.98. The lowest BCUT2D eigenvalue weighted by Crippen LogP contribution is -2.73. The average molecular weight is 270 g/mol. The number of rotatable bonds is 4. The van der Waals surface area contributed by atoms with E-state index in [-0.39, 0.29) is 18.0 Å². The smallest absolute Gasteiger partial charge is 0.325 e. The molecule has 3 fully saturated rings. The maximum Gasteiger partial charge on any atom is 0.325 e. The normalized spacial score (nSPS) is 36.9. The van der Waals surface area contributed by atoms with E-state index in [0.717, 1.165) is 19.6 Å². The molecule has 0 spiro atoms. The third kappa shape index (κ3) is 2.60. The van der Waals surface area contributed by atoms with Crippen LogP contribution >= 0.6 is 0 Å². The highest BCUT2D eigenvalue weighted by atomic mass is 16.5. The molecule has 0 N–H and O–H groups in total. The second kappa shape index (κ2) is 5.88. The summed E-state index contributed by atoms with van der Waals surface area (Å²) in [7, 11) is 0. The monoisotopic (exact) mass is 270 g/mol. The highest BCUT2D eigenvalue weighted by Gasteiger charge is 2.52. The maximum absolute atomic E-state index is 12.2. The topological polar surface area (TPSA) is 59.1 Å². The van der Waals surface area contributed by atoms with Crippen molar-refractivity contribution in [1.82, 2.24) is 9.80 Å². The van der Waals surface area contributed by atoms with Crippen molar-refractivity contribution < 1.29 is 19.1 Å². The summed E-state index contributed by atoms with van der Waals surface area (Å²) in [5, 5.41) is 0. The lowest BCUT2D eigenvalue weighted by molar-refractivity contribution is -0.178. The van der Waals surface area contributed by atoms with Gasteiger partial charge in [0.05, 0.1) is 13.2 Å². The van der Waals surface area contributed by atoms with Crippen LogP contribution in [-0.2, 0) is 19.1 Å². The van der Waals surface area contributed by atoms with Crippen molar-refractivity contribution in [2.45, 2.75) is 38.9 Å². The van der Waals surface area contributed by atoms with Gasteiger partial charge in [-0.05, 0) is 20.8 Å². The molecule has 0 aromatic heterocycles. The predicted octanol–water partition coefficient (Wildman–Crippen LogP) is -0.130. The summed E-state index contributed by atoms with van der Waals surface area (Å²) >= 11 is 0. The number of esters is 2. The molecule has 0 radical (unpaired) electrons. The van der Waals surface area contributed by atoms with Crippen LogP contribution in [0.5, 0.6) is 0 Å². The van der Waals surface area contributed by atoms with Gasteiger partial charge in [0.2, 0.25) is 0 Å². The zero-order valence-electron chi connectivity index (χ0n) is 11.8. The zero-order chi connectivity index (χ0) is 14.0. The van der Waals surface area contributed by atoms with Crippen LogP contribution in [0.25, 0.3) is 0 Å². The Hall–Kier alpha value is -1.14. The Morgan fingerprint density at radius 1 is 1.05 bits per heavy atom. The molecule has 0 aliphatic carbocycles. The minimum atomic E-state index is -0.531. The second-order valence-electron chi connectivity index (χ2n) is 4.98. The lowest BCUT2D eigenvalue weighted by Gasteiger charge is -2.53. The van der Waals surface area contributed by atoms with Crippen LogP contribution in [0.1, 0.15) is 20.8 Å². The van der Waals surface area contributed by atoms with Gasteiger partial charge >= 0.3 is 11.9 Å². The third-order valence-corrected chi connectivity index (χ3v) is 3.82. The fraction of sp³-hybridized carbons (Fsp3) is 0.846. The van der Waals surface area contributed by atoms with Crippen molar-refractivity contribution >= 4 is 11.9 Å². The molecule has 2 bridgehead atoms. The highest BCUT2D eigenvalue weighted by molar-refractivity contribution is 5.88. The molecule has 0 amide bonds. The average Bonchev–Trinajstić information content (AvgIpc) is 2.38. The van der Waals surface area contributed by atoms with E-state index in [1.807, 2.05) is 4.90 Å². The van der Waals surface area contributed by atoms with Gasteiger partial charge in [-0.2, -0.15) is 0 Å². The summed E-state index contributed by atoms with van der Waals surface area (Å²) in [6.45, 7) is 8.65. The molecule has 108 valence electrons. The molecule has 5 atom stereocenters. The van der Waals surface area contributed by atoms with E-state index in [4.69, 9.17) is 9.47 Å². The molecule has 6 heteroatoms. The first-order valence-corrected chi connectivity index (χ1v) is 6.93. The lowest BCUT2D eigenvalue weighted by atomic mass is 9.94. The van der Waals surface area contributed by atoms with E-state index in [1.54, 1.807) is 13.8 Å². The van der Waals surface area contributed by atoms with Gasteiger partial charge in [0.25, 0.3) is 0 Å². The standard InChI is InChI=1S/C13H22N2O4/c1-4-18-12(16)10-11(13(17)19-5-2)15-7-6-14(10)8-9(15)3/h9-11H,4-8H2,1-3H3. The first-order chi connectivity index (χ1) is 9.10. The number of ether oxygens (including phenoxy) is 2. The summed E-state index contributed by atoms with van der Waals surface area (Å²) in [6.07, 6.45) is 0. The number of fused-ring (bicyclic) bond motifs is 3. The molecule has 0 aromatic rings. The van der Waals surface area contributed by atoms with E-state index in [9.17, 15) is 9.59 Å². The van der Waals surface area contributed by atoms with Crippen molar-refractivity contribution in [2.24, 2.45) is 0 Å². The van der Waals surface area contributed by atoms with E-state index < -0.39 is 12.1 Å². The maximum atomic E-state index is 12.2. The molecule has 0 saturated carbocycles. The third-order valence-electron chi connectivity index (χ3n) is 3.82. The molecule has 3 aliphatic heterocycles. The molecule has 19 heavy (non-hydrogen) atoms. The molecule has 3 saturated heterocycles. The van der Waals surface area contributed by atoms with Crippen LogP contribution in [0, 0.1) is 0 Å². The zero-order valence-corrected chi connectivity index (χ0v) is 11.8. The molecular weight excluding hydrogens is 248 g/mol. The summed E-state index contributed by atoms with van der Waals surface area (Å²) < 4.78 is 10.2. The highest BCUT2D eigenvalue weighted by Crippen LogP contribution is 2.28. The van der Waals surface area contributed by atoms with E-state index >= 15 is 0 Å². The summed E-state index contributed by atoms with van der Waals surface area (Å²) in [5.74, 6) is -0.644. The number of carbonyl (C=O) groups is 2. The van der Waals surface area contributed by atoms with Gasteiger partial charge < -0.3 is 9.47 Å². The van der Waals surface area contributed by atoms with Crippen LogP contribution in [0.2, 0.25) is 0 Å². The SMILES string of the molecule is CCOC(=O)C1C(C(=O)OCC)N2CCN1CC2C. The van der Waals surface area contributed by atoms with Crippen LogP contribution in [0.15, 0.2) is 0 Å². The van der Waals surface area contributed by atoms with E-state index in [2.05, 4.69) is 11.8 Å². The van der Waals surface area contributed by atoms with E-state index in [1.165, 1.54) is 0 Å². The Bertz CT molecular complexity index is 361. The molecular formula is C13H22N2O4. The van der Waals surface area contributed by atoms with Gasteiger partial charge in [0.1, 0.15) is 12.1 Å². The predicted molar refractivity (Wildman–Crippen MR) is 68.6 cm³/mol. The van der Waals surface area contributed by atoms with E-state index in [0.29, 0.717) is 13.2 Å². The van der Waals surface area contributed by atoms with Crippen molar-refractivity contribution in [3.8, 4) is 0 Å². The molecule has 0 aromatic carbocycles. The Labute approximate surface area is 113 Å². The summed E-state index contributed by atoms with van der Waals surface area (Å²) in [5.41, 5.74) is 0. The fourth-order valence-electron chi connectivity index (χ4n) is 3.04. The number of nitrogens with zero attached hydrogens (tertiary/aromatic N) is 2. The van der Waals surface area contributed by atoms with Crippen molar-refractivity contribution in [2.75, 3.05) is 32.8 Å². The molecule has 5 unspecified atom stereocenters. The number of carbonyl (C=O) groups excluding carboxylic acids is 2. The summed E-state index contributed by atoms with van der Waals surface area (Å²) in [4.78, 5) is 28.4. The van der Waals surface area contributed by atoms with Gasteiger partial charge in [-0.25, -0.2) is 0 Å². The van der Waals surface area contributed by atoms with Gasteiger partial charge in [-0.3, -0.25) is 19.4 Å². The Morgan fingerprint density at radius 2 is 1.63 bits per heavy atom. The van der Waals surface area contributed by atoms with Gasteiger partial charge in [-0.15, -0.1) is 0 Å². The van der Waals surface area contributed by atoms with Crippen LogP contribution in [-0.4, -0.2) is 72.7 Å². The Kier molecular flexibility index (Phi) is 4.42. The Morgan fingerprint density at radius 3 is 2.16 bits per heavy atom. The first kappa shape index (κ1) is 14.3. The fourth-order valence-corrected chi connectivity index (χ4v) is 3.04. The van der Waals surface area contributed by atoms with Crippen LogP contribution < -0.4 is 0 Å². The molecule has 3 aliphatic rings. The minimum Gasteiger partial charge on any atom is -0.465 e. The molecule has 6 nitrogen and oxygen atoms in total. The van der Waals surface area contributed by atoms with Crippen molar-refractivity contribution in [3.63, 3.8) is 0 Å². The largest absolute Gasteiger partial charge is 0.465 e. The van der Waals surface area contributed by atoms with Crippen molar-refractivity contribution in [3.05, 3.63) is 0 Å². The molecule has 3 heterocycles. The quantitative estimate of drug-likeness (QED) is 0.663. The van der Waals surface area contributed by atoms with Crippen molar-refractivity contribution in [1.29, 1.82) is 0 Å². The number of hydrogen-bond donors (Lipinski definition) is 0. The van der Waals surface area contributed by atoms with Gasteiger partial charge in [0, 0.05) is 25.7 Å². The van der Waals surface area contributed by atoms with Crippen LogP contribution in [0.3, 0.4) is 0 Å². The molecule has 3 rings (SSSR count). The van der Waals surface area contributed by atoms with Crippen LogP contribution in [0.4, 0.5) is 0 Å².